The number of carbonyl (C=O) groups is 2. The molecule has 9 nitrogen and oxygen atoms in total. The number of benzene rings is 1. The summed E-state index contributed by atoms with van der Waals surface area (Å²) in [5.74, 6) is 0. The Labute approximate surface area is 174 Å². The summed E-state index contributed by atoms with van der Waals surface area (Å²) in [6.45, 7) is 5.73. The van der Waals surface area contributed by atoms with Crippen LogP contribution in [0.25, 0.3) is 0 Å². The van der Waals surface area contributed by atoms with Gasteiger partial charge in [0, 0.05) is 20.1 Å². The molecule has 0 saturated carbocycles. The van der Waals surface area contributed by atoms with Crippen LogP contribution in [0.2, 0.25) is 5.02 Å². The number of nitrogens with zero attached hydrogens (tertiary/aromatic N) is 3. The van der Waals surface area contributed by atoms with E-state index < -0.39 is 29.9 Å². The molecule has 0 radical (unpaired) electrons. The molecule has 1 aliphatic rings. The Morgan fingerprint density at radius 1 is 1.41 bits per heavy atom. The molecular weight excluding hydrogens is 400 g/mol. The molecule has 1 aromatic carbocycles. The summed E-state index contributed by atoms with van der Waals surface area (Å²) >= 11 is 6.48. The highest BCUT2D eigenvalue weighted by Crippen LogP contribution is 2.36. The van der Waals surface area contributed by atoms with Gasteiger partial charge in [0.25, 0.3) is 0 Å². The smallest absolute Gasteiger partial charge is 0.412 e. The van der Waals surface area contributed by atoms with Crippen molar-refractivity contribution in [2.75, 3.05) is 30.4 Å². The van der Waals surface area contributed by atoms with E-state index >= 15 is 0 Å². The number of piperidine rings is 1. The third-order valence-electron chi connectivity index (χ3n) is 4.50. The Kier molecular flexibility index (Phi) is 6.82. The zero-order valence-corrected chi connectivity index (χ0v) is 17.5. The van der Waals surface area contributed by atoms with E-state index in [9.17, 15) is 20.0 Å². The molecule has 0 spiro atoms. The molecule has 2 rings (SSSR count). The second-order valence-corrected chi connectivity index (χ2v) is 8.24. The molecule has 158 valence electrons. The van der Waals surface area contributed by atoms with Crippen molar-refractivity contribution in [3.8, 4) is 6.07 Å². The van der Waals surface area contributed by atoms with Gasteiger partial charge in [0.05, 0.1) is 40.2 Å². The maximum absolute atomic E-state index is 12.1. The number of carboxylic acid groups (broad SMARTS) is 1. The van der Waals surface area contributed by atoms with Crippen LogP contribution in [0.5, 0.6) is 0 Å². The van der Waals surface area contributed by atoms with Crippen LogP contribution in [-0.2, 0) is 4.74 Å². The van der Waals surface area contributed by atoms with Gasteiger partial charge in [0.1, 0.15) is 5.60 Å². The van der Waals surface area contributed by atoms with E-state index in [2.05, 4.69) is 5.32 Å². The minimum atomic E-state index is -1.11. The van der Waals surface area contributed by atoms with Crippen LogP contribution in [-0.4, -0.2) is 65.2 Å². The number of halogens is 1. The highest BCUT2D eigenvalue weighted by atomic mass is 35.5. The van der Waals surface area contributed by atoms with Gasteiger partial charge in [-0.3, -0.25) is 5.32 Å². The minimum absolute atomic E-state index is 0.128. The van der Waals surface area contributed by atoms with E-state index in [1.165, 1.54) is 13.1 Å². The van der Waals surface area contributed by atoms with E-state index in [0.717, 1.165) is 4.90 Å². The Morgan fingerprint density at radius 2 is 2.07 bits per heavy atom. The quantitative estimate of drug-likeness (QED) is 0.680. The van der Waals surface area contributed by atoms with E-state index in [0.29, 0.717) is 18.7 Å². The number of anilines is 2. The molecule has 0 unspecified atom stereocenters. The third kappa shape index (κ3) is 5.65. The van der Waals surface area contributed by atoms with Crippen molar-refractivity contribution in [3.63, 3.8) is 0 Å². The van der Waals surface area contributed by atoms with Gasteiger partial charge in [-0.15, -0.1) is 0 Å². The average molecular weight is 425 g/mol. The van der Waals surface area contributed by atoms with Gasteiger partial charge in [-0.25, -0.2) is 9.59 Å². The fourth-order valence-corrected chi connectivity index (χ4v) is 3.42. The average Bonchev–Trinajstić information content (AvgIpc) is 2.61. The number of aliphatic hydroxyl groups excluding tert-OH is 1. The number of ether oxygens (including phenoxy) is 1. The van der Waals surface area contributed by atoms with Crippen LogP contribution in [0, 0.1) is 11.3 Å². The van der Waals surface area contributed by atoms with E-state index in [1.54, 1.807) is 31.7 Å². The Bertz CT molecular complexity index is 833. The first-order valence-corrected chi connectivity index (χ1v) is 9.43. The number of amides is 2. The summed E-state index contributed by atoms with van der Waals surface area (Å²) in [4.78, 5) is 26.1. The summed E-state index contributed by atoms with van der Waals surface area (Å²) in [7, 11) is 1.41. The first kappa shape index (κ1) is 22.6. The highest BCUT2D eigenvalue weighted by Gasteiger charge is 2.34. The monoisotopic (exact) mass is 424 g/mol. The van der Waals surface area contributed by atoms with Gasteiger partial charge in [0.15, 0.2) is 0 Å². The lowest BCUT2D eigenvalue weighted by molar-refractivity contribution is 0.0497. The summed E-state index contributed by atoms with van der Waals surface area (Å²) in [6.07, 6.45) is -2.38. The minimum Gasteiger partial charge on any atom is -0.465 e. The third-order valence-corrected chi connectivity index (χ3v) is 4.90. The van der Waals surface area contributed by atoms with Crippen molar-refractivity contribution in [2.24, 2.45) is 0 Å². The van der Waals surface area contributed by atoms with E-state index in [4.69, 9.17) is 21.4 Å². The van der Waals surface area contributed by atoms with Gasteiger partial charge < -0.3 is 24.7 Å². The Morgan fingerprint density at radius 3 is 2.59 bits per heavy atom. The highest BCUT2D eigenvalue weighted by molar-refractivity contribution is 6.36. The normalized spacial score (nSPS) is 19.3. The molecule has 0 bridgehead atoms. The molecule has 1 aromatic rings. The topological polar surface area (TPSA) is 126 Å². The van der Waals surface area contributed by atoms with Crippen molar-refractivity contribution in [2.45, 2.75) is 44.9 Å². The molecule has 3 N–H and O–H groups in total. The largest absolute Gasteiger partial charge is 0.465 e. The number of rotatable bonds is 3. The van der Waals surface area contributed by atoms with Crippen molar-refractivity contribution in [3.05, 3.63) is 22.7 Å². The van der Waals surface area contributed by atoms with Crippen LogP contribution >= 0.6 is 11.6 Å². The molecule has 1 saturated heterocycles. The molecule has 10 heteroatoms. The molecule has 0 aliphatic carbocycles. The van der Waals surface area contributed by atoms with Gasteiger partial charge >= 0.3 is 12.2 Å². The lowest BCUT2D eigenvalue weighted by Crippen LogP contribution is -2.54. The molecule has 29 heavy (non-hydrogen) atoms. The predicted octanol–water partition coefficient (Wildman–Crippen LogP) is 3.11. The van der Waals surface area contributed by atoms with E-state index in [1.807, 2.05) is 6.07 Å². The molecule has 2 amide bonds. The standard InChI is InChI=1S/C19H25ClN4O5/c1-19(2,3)29-17(26)22-12-7-11(9-21)8-14(16(12)20)24-6-5-13(15(25)10-24)23(4)18(27)28/h7-8,13,15,25H,5-6,10H2,1-4H3,(H,22,26)(H,27,28)/t13-,15+/m1/s1. The van der Waals surface area contributed by atoms with Gasteiger partial charge in [-0.05, 0) is 39.3 Å². The van der Waals surface area contributed by atoms with Gasteiger partial charge in [-0.2, -0.15) is 5.26 Å². The van der Waals surface area contributed by atoms with Crippen molar-refractivity contribution in [1.82, 2.24) is 4.90 Å². The zero-order chi connectivity index (χ0) is 21.9. The molecule has 2 atom stereocenters. The molecule has 1 aliphatic heterocycles. The van der Waals surface area contributed by atoms with Crippen molar-refractivity contribution in [1.29, 1.82) is 5.26 Å². The number of carbonyl (C=O) groups excluding carboxylic acids is 1. The number of likely N-dealkylation sites (N-methyl/N-ethyl adjacent to an activating group) is 1. The molecule has 0 aromatic heterocycles. The Hall–Kier alpha value is -2.70. The fraction of sp³-hybridized carbons (Fsp3) is 0.526. The lowest BCUT2D eigenvalue weighted by Gasteiger charge is -2.40. The summed E-state index contributed by atoms with van der Waals surface area (Å²) in [5.41, 5.74) is 0.255. The number of nitrogens with one attached hydrogen (secondary N) is 1. The van der Waals surface area contributed by atoms with Crippen molar-refractivity contribution >= 4 is 35.2 Å². The van der Waals surface area contributed by atoms with Crippen LogP contribution in [0.15, 0.2) is 12.1 Å². The molecular formula is C19H25ClN4O5. The Balaban J connectivity index is 2.26. The first-order chi connectivity index (χ1) is 13.4. The maximum atomic E-state index is 12.1. The summed E-state index contributed by atoms with van der Waals surface area (Å²) < 4.78 is 5.23. The van der Waals surface area contributed by atoms with Gasteiger partial charge in [0.2, 0.25) is 0 Å². The number of hydrogen-bond donors (Lipinski definition) is 3. The van der Waals surface area contributed by atoms with E-state index in [-0.39, 0.29) is 22.8 Å². The maximum Gasteiger partial charge on any atom is 0.412 e. The molecule has 1 fully saturated rings. The second-order valence-electron chi connectivity index (χ2n) is 7.86. The second kappa shape index (κ2) is 8.76. The SMILES string of the molecule is CN(C(=O)O)[C@@H]1CCN(c2cc(C#N)cc(NC(=O)OC(C)(C)C)c2Cl)C[C@@H]1O. The number of hydrogen-bond acceptors (Lipinski definition) is 6. The van der Waals surface area contributed by atoms with Crippen LogP contribution in [0.1, 0.15) is 32.8 Å². The van der Waals surface area contributed by atoms with Gasteiger partial charge in [-0.1, -0.05) is 11.6 Å². The predicted molar refractivity (Wildman–Crippen MR) is 108 cm³/mol. The number of β-amino-alcohol motifs (C(OH)–C–C–N with tert-alkyl or cyclic N) is 1. The fourth-order valence-electron chi connectivity index (χ4n) is 3.14. The van der Waals surface area contributed by atoms with Crippen LogP contribution in [0.3, 0.4) is 0 Å². The molecule has 1 heterocycles. The number of aliphatic hydroxyl groups is 1. The lowest BCUT2D eigenvalue weighted by atomic mass is 9.99. The summed E-state index contributed by atoms with van der Waals surface area (Å²) in [5, 5.41) is 31.7. The first-order valence-electron chi connectivity index (χ1n) is 9.05. The van der Waals surface area contributed by atoms with Crippen molar-refractivity contribution < 1.29 is 24.5 Å². The van der Waals surface area contributed by atoms with Crippen LogP contribution in [0.4, 0.5) is 21.0 Å². The number of nitriles is 1. The summed E-state index contributed by atoms with van der Waals surface area (Å²) in [6, 6.07) is 4.49. The van der Waals surface area contributed by atoms with Crippen LogP contribution < -0.4 is 10.2 Å². The zero-order valence-electron chi connectivity index (χ0n) is 16.8.